The largest absolute Gasteiger partial charge is 0.421 e. The first-order chi connectivity index (χ1) is 16.4. The van der Waals surface area contributed by atoms with Crippen molar-refractivity contribution in [3.63, 3.8) is 0 Å². The Labute approximate surface area is 195 Å². The summed E-state index contributed by atoms with van der Waals surface area (Å²) in [5, 5.41) is 0. The van der Waals surface area contributed by atoms with Crippen molar-refractivity contribution in [1.82, 2.24) is 24.8 Å². The summed E-state index contributed by atoms with van der Waals surface area (Å²) in [5.74, 6) is -0.0615. The normalized spacial score (nSPS) is 19.9. The molecule has 1 N–H and O–H groups in total. The number of anilines is 1. The summed E-state index contributed by atoms with van der Waals surface area (Å²) < 4.78 is 77.5. The molecule has 4 rings (SSSR count). The molecule has 0 aliphatic carbocycles. The molecule has 2 saturated heterocycles. The summed E-state index contributed by atoms with van der Waals surface area (Å²) in [4.78, 5) is 39.2. The minimum Gasteiger partial charge on any atom is -0.338 e. The molecule has 2 aromatic heterocycles. The first-order valence-corrected chi connectivity index (χ1v) is 10.9. The van der Waals surface area contributed by atoms with Gasteiger partial charge in [-0.15, -0.1) is 0 Å². The molecule has 14 heteroatoms. The zero-order valence-electron chi connectivity index (χ0n) is 18.4. The lowest BCUT2D eigenvalue weighted by atomic mass is 10.0. The van der Waals surface area contributed by atoms with Crippen molar-refractivity contribution in [1.29, 1.82) is 0 Å². The van der Waals surface area contributed by atoms with E-state index in [0.717, 1.165) is 6.07 Å². The van der Waals surface area contributed by atoms with Crippen molar-refractivity contribution in [3.05, 3.63) is 51.7 Å². The number of nitrogens with zero attached hydrogens (tertiary/aromatic N) is 5. The zero-order chi connectivity index (χ0) is 25.4. The van der Waals surface area contributed by atoms with Crippen LogP contribution in [0.5, 0.6) is 0 Å². The second-order valence-corrected chi connectivity index (χ2v) is 8.44. The van der Waals surface area contributed by atoms with Crippen molar-refractivity contribution in [2.75, 3.05) is 44.2 Å². The van der Waals surface area contributed by atoms with Crippen molar-refractivity contribution in [3.8, 4) is 0 Å². The van der Waals surface area contributed by atoms with Crippen LogP contribution in [-0.4, -0.2) is 69.9 Å². The lowest BCUT2D eigenvalue weighted by Gasteiger charge is -2.36. The highest BCUT2D eigenvalue weighted by atomic mass is 19.4. The summed E-state index contributed by atoms with van der Waals surface area (Å²) >= 11 is 0. The van der Waals surface area contributed by atoms with Gasteiger partial charge in [-0.05, 0) is 31.0 Å². The van der Waals surface area contributed by atoms with Gasteiger partial charge in [0.15, 0.2) is 0 Å². The lowest BCUT2D eigenvalue weighted by Crippen LogP contribution is -2.51. The van der Waals surface area contributed by atoms with E-state index in [1.54, 1.807) is 14.7 Å². The number of pyridine rings is 1. The maximum atomic E-state index is 13.1. The Morgan fingerprint density at radius 1 is 1.00 bits per heavy atom. The molecule has 2 fully saturated rings. The molecule has 0 aromatic carbocycles. The third-order valence-corrected chi connectivity index (χ3v) is 6.20. The Balaban J connectivity index is 1.36. The van der Waals surface area contributed by atoms with Crippen LogP contribution in [-0.2, 0) is 17.1 Å². The standard InChI is InChI=1S/C21H22F6N6O2/c22-20(23,24)14-10-29-19(30-11-14)32-6-4-31(5-7-32)17(34)12-33-3-1-2-16(33)13-8-15(21(25,26)27)18(35)28-9-13/h8-11,16H,1-7,12H2,(H,28,35). The number of nitrogens with one attached hydrogen (secondary N) is 1. The lowest BCUT2D eigenvalue weighted by molar-refractivity contribution is -0.139. The number of likely N-dealkylation sites (tertiary alicyclic amines) is 1. The topological polar surface area (TPSA) is 85.4 Å². The molecule has 1 amide bonds. The molecule has 4 heterocycles. The molecule has 2 aliphatic rings. The van der Waals surface area contributed by atoms with Crippen LogP contribution < -0.4 is 10.5 Å². The Bertz CT molecular complexity index is 1110. The third-order valence-electron chi connectivity index (χ3n) is 6.20. The van der Waals surface area contributed by atoms with Crippen LogP contribution in [0.2, 0.25) is 0 Å². The number of piperazine rings is 1. The molecule has 2 aromatic rings. The molecule has 190 valence electrons. The number of H-pyrrole nitrogens is 1. The molecular formula is C21H22F6N6O2. The molecule has 1 unspecified atom stereocenters. The number of carbonyl (C=O) groups is 1. The van der Waals surface area contributed by atoms with E-state index < -0.39 is 35.1 Å². The quantitative estimate of drug-likeness (QED) is 0.645. The van der Waals surface area contributed by atoms with Crippen molar-refractivity contribution < 1.29 is 31.1 Å². The fraction of sp³-hybridized carbons (Fsp3) is 0.524. The molecule has 35 heavy (non-hydrogen) atoms. The average molecular weight is 504 g/mol. The monoisotopic (exact) mass is 504 g/mol. The third kappa shape index (κ3) is 5.57. The molecule has 8 nitrogen and oxygen atoms in total. The highest BCUT2D eigenvalue weighted by Crippen LogP contribution is 2.34. The molecule has 2 aliphatic heterocycles. The van der Waals surface area contributed by atoms with Crippen LogP contribution >= 0.6 is 0 Å². The predicted octanol–water partition coefficient (Wildman–Crippen LogP) is 2.69. The van der Waals surface area contributed by atoms with E-state index in [4.69, 9.17) is 0 Å². The summed E-state index contributed by atoms with van der Waals surface area (Å²) in [6.07, 6.45) is -5.37. The smallest absolute Gasteiger partial charge is 0.338 e. The van der Waals surface area contributed by atoms with Gasteiger partial charge < -0.3 is 14.8 Å². The highest BCUT2D eigenvalue weighted by Gasteiger charge is 2.37. The van der Waals surface area contributed by atoms with Crippen LogP contribution in [0.25, 0.3) is 0 Å². The molecule has 0 radical (unpaired) electrons. The maximum absolute atomic E-state index is 13.1. The van der Waals surface area contributed by atoms with Crippen LogP contribution in [0.1, 0.15) is 35.6 Å². The van der Waals surface area contributed by atoms with Gasteiger partial charge in [0.2, 0.25) is 11.9 Å². The second kappa shape index (κ2) is 9.47. The van der Waals surface area contributed by atoms with E-state index in [1.165, 1.54) is 6.20 Å². The van der Waals surface area contributed by atoms with Crippen LogP contribution in [0.4, 0.5) is 32.3 Å². The number of halogens is 6. The van der Waals surface area contributed by atoms with Gasteiger partial charge in [0.25, 0.3) is 5.56 Å². The Morgan fingerprint density at radius 2 is 1.66 bits per heavy atom. The number of aromatic nitrogens is 3. The van der Waals surface area contributed by atoms with Gasteiger partial charge in [0.05, 0.1) is 12.1 Å². The second-order valence-electron chi connectivity index (χ2n) is 8.44. The zero-order valence-corrected chi connectivity index (χ0v) is 18.4. The first kappa shape index (κ1) is 24.9. The number of hydrogen-bond acceptors (Lipinski definition) is 6. The summed E-state index contributed by atoms with van der Waals surface area (Å²) in [6.45, 7) is 1.79. The van der Waals surface area contributed by atoms with Gasteiger partial charge in [0.1, 0.15) is 5.56 Å². The van der Waals surface area contributed by atoms with E-state index in [9.17, 15) is 35.9 Å². The van der Waals surface area contributed by atoms with Gasteiger partial charge >= 0.3 is 12.4 Å². The van der Waals surface area contributed by atoms with Gasteiger partial charge in [0, 0.05) is 50.8 Å². The van der Waals surface area contributed by atoms with Gasteiger partial charge in [-0.1, -0.05) is 0 Å². The molecule has 0 spiro atoms. The van der Waals surface area contributed by atoms with Crippen LogP contribution in [0, 0.1) is 0 Å². The maximum Gasteiger partial charge on any atom is 0.421 e. The number of carbonyl (C=O) groups excluding carboxylic acids is 1. The van der Waals surface area contributed by atoms with Gasteiger partial charge in [-0.25, -0.2) is 9.97 Å². The fourth-order valence-corrected chi connectivity index (χ4v) is 4.36. The number of alkyl halides is 6. The van der Waals surface area contributed by atoms with E-state index in [2.05, 4.69) is 15.0 Å². The summed E-state index contributed by atoms with van der Waals surface area (Å²) in [5.41, 5.74) is -3.13. The van der Waals surface area contributed by atoms with Gasteiger partial charge in [-0.2, -0.15) is 26.3 Å². The Kier molecular flexibility index (Phi) is 6.75. The highest BCUT2D eigenvalue weighted by molar-refractivity contribution is 5.78. The van der Waals surface area contributed by atoms with E-state index in [-0.39, 0.29) is 18.4 Å². The first-order valence-electron chi connectivity index (χ1n) is 10.9. The van der Waals surface area contributed by atoms with Crippen molar-refractivity contribution in [2.24, 2.45) is 0 Å². The molecule has 0 bridgehead atoms. The summed E-state index contributed by atoms with van der Waals surface area (Å²) in [6, 6.07) is 0.411. The Hall–Kier alpha value is -3.16. The number of aromatic amines is 1. The number of amides is 1. The SMILES string of the molecule is O=C(CN1CCCC1c1c[nH]c(=O)c(C(F)(F)F)c1)N1CCN(c2ncc(C(F)(F)F)cn2)CC1. The number of rotatable bonds is 4. The predicted molar refractivity (Wildman–Crippen MR) is 111 cm³/mol. The van der Waals surface area contributed by atoms with Gasteiger partial charge in [-0.3, -0.25) is 14.5 Å². The van der Waals surface area contributed by atoms with E-state index in [1.807, 2.05) is 0 Å². The minimum atomic E-state index is -4.78. The molecule has 0 saturated carbocycles. The van der Waals surface area contributed by atoms with E-state index >= 15 is 0 Å². The fourth-order valence-electron chi connectivity index (χ4n) is 4.36. The Morgan fingerprint density at radius 3 is 2.26 bits per heavy atom. The minimum absolute atomic E-state index is 0.00191. The van der Waals surface area contributed by atoms with E-state index in [0.29, 0.717) is 63.5 Å². The number of hydrogen-bond donors (Lipinski definition) is 1. The summed E-state index contributed by atoms with van der Waals surface area (Å²) in [7, 11) is 0. The van der Waals surface area contributed by atoms with Crippen LogP contribution in [0.15, 0.2) is 29.5 Å². The average Bonchev–Trinajstić information content (AvgIpc) is 3.26. The van der Waals surface area contributed by atoms with Crippen LogP contribution in [0.3, 0.4) is 0 Å². The van der Waals surface area contributed by atoms with Crippen molar-refractivity contribution in [2.45, 2.75) is 31.2 Å². The van der Waals surface area contributed by atoms with Crippen molar-refractivity contribution >= 4 is 11.9 Å². The molecular weight excluding hydrogens is 482 g/mol. The molecule has 1 atom stereocenters.